The van der Waals surface area contributed by atoms with E-state index in [-0.39, 0.29) is 11.8 Å². The van der Waals surface area contributed by atoms with Crippen molar-refractivity contribution in [2.45, 2.75) is 58.5 Å². The van der Waals surface area contributed by atoms with Gasteiger partial charge in [0.1, 0.15) is 5.60 Å². The Morgan fingerprint density at radius 2 is 1.82 bits per heavy atom. The summed E-state index contributed by atoms with van der Waals surface area (Å²) in [5, 5.41) is 12.7. The van der Waals surface area contributed by atoms with E-state index >= 15 is 0 Å². The van der Waals surface area contributed by atoms with Crippen LogP contribution in [-0.4, -0.2) is 47.9 Å². The summed E-state index contributed by atoms with van der Waals surface area (Å²) >= 11 is 1.59. The van der Waals surface area contributed by atoms with Gasteiger partial charge in [0.25, 0.3) is 0 Å². The normalized spacial score (nSPS) is 11.1. The number of phenols is 1. The summed E-state index contributed by atoms with van der Waals surface area (Å²) in [4.78, 5) is 12.6. The van der Waals surface area contributed by atoms with Gasteiger partial charge < -0.3 is 19.9 Å². The van der Waals surface area contributed by atoms with Crippen LogP contribution in [0.15, 0.2) is 53.4 Å². The number of carbonyl (C=O) groups is 1. The summed E-state index contributed by atoms with van der Waals surface area (Å²) in [5.74, 6) is 1.10. The van der Waals surface area contributed by atoms with Gasteiger partial charge in [-0.15, -0.1) is 0 Å². The first-order valence-corrected chi connectivity index (χ1v) is 12.1. The Hall–Kier alpha value is -2.38. The molecule has 0 saturated heterocycles. The molecule has 0 radical (unpaired) electrons. The van der Waals surface area contributed by atoms with Crippen LogP contribution in [0, 0.1) is 12.8 Å². The van der Waals surface area contributed by atoms with Gasteiger partial charge in [-0.1, -0.05) is 49.7 Å². The van der Waals surface area contributed by atoms with E-state index in [1.54, 1.807) is 24.1 Å². The number of alkyl carbamates (subject to hydrolysis) is 1. The topological polar surface area (TPSA) is 71.0 Å². The number of aryl methyl sites for hydroxylation is 1. The van der Waals surface area contributed by atoms with Crippen molar-refractivity contribution in [2.75, 3.05) is 26.7 Å². The molecule has 0 bridgehead atoms. The van der Waals surface area contributed by atoms with Gasteiger partial charge in [0, 0.05) is 24.5 Å². The van der Waals surface area contributed by atoms with E-state index in [2.05, 4.69) is 42.5 Å². The van der Waals surface area contributed by atoms with Gasteiger partial charge in [-0.05, 0) is 70.2 Å². The van der Waals surface area contributed by atoms with Crippen LogP contribution < -0.4 is 10.1 Å². The van der Waals surface area contributed by atoms with Gasteiger partial charge in [0.05, 0.1) is 7.11 Å². The van der Waals surface area contributed by atoms with E-state index in [0.717, 1.165) is 24.4 Å². The second-order valence-electron chi connectivity index (χ2n) is 9.14. The second-order valence-corrected chi connectivity index (χ2v) is 10.3. The Morgan fingerprint density at radius 3 is 2.30 bits per heavy atom. The van der Waals surface area contributed by atoms with E-state index in [1.807, 2.05) is 45.0 Å². The van der Waals surface area contributed by atoms with Crippen LogP contribution in [0.3, 0.4) is 0 Å². The standard InChI is InChI=1S/C19H32N2O4S.C7H8/c1-14(2)13-21(11-7-10-20-18(23)25-19(3,4)5)26-15-8-9-17(24-6)16(22)12-15;1-7-5-3-2-4-6-7/h8-9,12,14,22H,7,10-11,13H2,1-6H3,(H,20,23);2-6H,1H3. The number of nitrogens with zero attached hydrogens (tertiary/aromatic N) is 1. The molecule has 0 heterocycles. The SMILES string of the molecule is COc1ccc(SN(CCCNC(=O)OC(C)(C)C)CC(C)C)cc1O.Cc1ccccc1. The highest BCUT2D eigenvalue weighted by atomic mass is 32.2. The van der Waals surface area contributed by atoms with Crippen LogP contribution in [0.1, 0.15) is 46.6 Å². The van der Waals surface area contributed by atoms with E-state index in [4.69, 9.17) is 9.47 Å². The summed E-state index contributed by atoms with van der Waals surface area (Å²) in [7, 11) is 1.53. The number of amides is 1. The first-order chi connectivity index (χ1) is 15.5. The van der Waals surface area contributed by atoms with Crippen LogP contribution in [0.5, 0.6) is 11.5 Å². The molecule has 0 spiro atoms. The first-order valence-electron chi connectivity index (χ1n) is 11.3. The fourth-order valence-electron chi connectivity index (χ4n) is 2.75. The summed E-state index contributed by atoms with van der Waals surface area (Å²) in [5.41, 5.74) is 0.836. The molecule has 184 valence electrons. The maximum Gasteiger partial charge on any atom is 0.407 e. The molecule has 2 aromatic rings. The lowest BCUT2D eigenvalue weighted by atomic mass is 10.2. The maximum absolute atomic E-state index is 11.7. The van der Waals surface area contributed by atoms with Crippen molar-refractivity contribution in [2.24, 2.45) is 5.92 Å². The van der Waals surface area contributed by atoms with Gasteiger partial charge in [-0.3, -0.25) is 0 Å². The zero-order valence-electron chi connectivity index (χ0n) is 21.1. The molecule has 1 amide bonds. The predicted molar refractivity (Wildman–Crippen MR) is 137 cm³/mol. The Labute approximate surface area is 203 Å². The van der Waals surface area contributed by atoms with E-state index in [9.17, 15) is 9.90 Å². The summed E-state index contributed by atoms with van der Waals surface area (Å²) in [6.45, 7) is 14.2. The van der Waals surface area contributed by atoms with Gasteiger partial charge in [0.2, 0.25) is 0 Å². The number of aromatic hydroxyl groups is 1. The van der Waals surface area contributed by atoms with Crippen molar-refractivity contribution in [1.29, 1.82) is 0 Å². The molecular formula is C26H40N2O4S. The van der Waals surface area contributed by atoms with Crippen LogP contribution in [0.4, 0.5) is 4.79 Å². The molecule has 0 unspecified atom stereocenters. The molecule has 0 atom stereocenters. The number of ether oxygens (including phenoxy) is 2. The Bertz CT molecular complexity index is 823. The molecule has 6 nitrogen and oxygen atoms in total. The molecule has 0 saturated carbocycles. The summed E-state index contributed by atoms with van der Waals surface area (Å²) in [6, 6.07) is 15.7. The average Bonchev–Trinajstić information content (AvgIpc) is 2.70. The monoisotopic (exact) mass is 476 g/mol. The molecule has 2 rings (SSSR count). The first kappa shape index (κ1) is 28.7. The second kappa shape index (κ2) is 14.7. The predicted octanol–water partition coefficient (Wildman–Crippen LogP) is 6.28. The van der Waals surface area contributed by atoms with Crippen molar-refractivity contribution in [3.63, 3.8) is 0 Å². The zero-order chi connectivity index (χ0) is 24.9. The number of methoxy groups -OCH3 is 1. The highest BCUT2D eigenvalue weighted by Gasteiger charge is 2.16. The van der Waals surface area contributed by atoms with Crippen LogP contribution in [0.25, 0.3) is 0 Å². The highest BCUT2D eigenvalue weighted by Crippen LogP contribution is 2.32. The Morgan fingerprint density at radius 1 is 1.15 bits per heavy atom. The smallest absolute Gasteiger partial charge is 0.407 e. The van der Waals surface area contributed by atoms with Gasteiger partial charge in [0.15, 0.2) is 11.5 Å². The average molecular weight is 477 g/mol. The number of carbonyl (C=O) groups excluding carboxylic acids is 1. The quantitative estimate of drug-likeness (QED) is 0.328. The van der Waals surface area contributed by atoms with Crippen LogP contribution in [0.2, 0.25) is 0 Å². The summed E-state index contributed by atoms with van der Waals surface area (Å²) in [6.07, 6.45) is 0.418. The van der Waals surface area contributed by atoms with Crippen molar-refractivity contribution >= 4 is 18.0 Å². The minimum Gasteiger partial charge on any atom is -0.504 e. The Kier molecular flexibility index (Phi) is 12.8. The van der Waals surface area contributed by atoms with Crippen molar-refractivity contribution in [1.82, 2.24) is 9.62 Å². The van der Waals surface area contributed by atoms with E-state index < -0.39 is 5.60 Å². The van der Waals surface area contributed by atoms with Crippen molar-refractivity contribution < 1.29 is 19.4 Å². The minimum absolute atomic E-state index is 0.133. The molecule has 0 aliphatic heterocycles. The molecule has 0 aromatic heterocycles. The van der Waals surface area contributed by atoms with E-state index in [0.29, 0.717) is 18.2 Å². The highest BCUT2D eigenvalue weighted by molar-refractivity contribution is 7.97. The third-order valence-corrected chi connectivity index (χ3v) is 5.20. The van der Waals surface area contributed by atoms with Crippen molar-refractivity contribution in [3.05, 3.63) is 54.1 Å². The molecule has 2 N–H and O–H groups in total. The summed E-state index contributed by atoms with van der Waals surface area (Å²) < 4.78 is 12.6. The number of phenolic OH excluding ortho intramolecular Hbond substituents is 1. The molecule has 0 fully saturated rings. The third kappa shape index (κ3) is 13.7. The molecule has 2 aromatic carbocycles. The van der Waals surface area contributed by atoms with Gasteiger partial charge >= 0.3 is 6.09 Å². The number of hydrogen-bond donors (Lipinski definition) is 2. The molecule has 0 aliphatic rings. The minimum atomic E-state index is -0.486. The zero-order valence-corrected chi connectivity index (χ0v) is 21.9. The number of nitrogens with one attached hydrogen (secondary N) is 1. The molecule has 7 heteroatoms. The van der Waals surface area contributed by atoms with Crippen LogP contribution >= 0.6 is 11.9 Å². The number of hydrogen-bond acceptors (Lipinski definition) is 6. The maximum atomic E-state index is 11.7. The molecular weight excluding hydrogens is 436 g/mol. The lowest BCUT2D eigenvalue weighted by Crippen LogP contribution is -2.34. The lowest BCUT2D eigenvalue weighted by Gasteiger charge is -2.24. The van der Waals surface area contributed by atoms with Gasteiger partial charge in [-0.2, -0.15) is 0 Å². The fraction of sp³-hybridized carbons (Fsp3) is 0.500. The largest absolute Gasteiger partial charge is 0.504 e. The molecule has 33 heavy (non-hydrogen) atoms. The number of benzene rings is 2. The molecule has 0 aliphatic carbocycles. The van der Waals surface area contributed by atoms with E-state index in [1.165, 1.54) is 12.7 Å². The van der Waals surface area contributed by atoms with Gasteiger partial charge in [-0.25, -0.2) is 9.10 Å². The van der Waals surface area contributed by atoms with Crippen LogP contribution in [-0.2, 0) is 4.74 Å². The third-order valence-electron chi connectivity index (χ3n) is 4.15. The van der Waals surface area contributed by atoms with Crippen molar-refractivity contribution in [3.8, 4) is 11.5 Å². The Balaban J connectivity index is 0.000000657. The lowest BCUT2D eigenvalue weighted by molar-refractivity contribution is 0.0526. The number of rotatable bonds is 9. The fourth-order valence-corrected chi connectivity index (χ4v) is 3.94.